The number of ether oxygens (including phenoxy) is 4. The number of hydrogen-bond acceptors (Lipinski definition) is 12. The van der Waals surface area contributed by atoms with Gasteiger partial charge < -0.3 is 34.7 Å². The first-order chi connectivity index (χ1) is 31.6. The van der Waals surface area contributed by atoms with Crippen molar-refractivity contribution < 1.29 is 102 Å². The summed E-state index contributed by atoms with van der Waals surface area (Å²) in [4.78, 5) is 23.6. The van der Waals surface area contributed by atoms with Crippen LogP contribution in [-0.2, 0) is 53.1 Å². The molecule has 2 atom stereocenters. The number of carbonyl (C=O) groups excluding carboxylic acids is 2. The number of alkyl halides is 10. The lowest BCUT2D eigenvalue weighted by atomic mass is 9.49. The van der Waals surface area contributed by atoms with Crippen LogP contribution in [-0.4, -0.2) is 120 Å². The van der Waals surface area contributed by atoms with E-state index < -0.39 is 91.6 Å². The Morgan fingerprint density at radius 3 is 1.20 bits per heavy atom. The molecule has 0 spiro atoms. The molecule has 2 heterocycles. The molecule has 2 saturated heterocycles. The third-order valence-corrected chi connectivity index (χ3v) is 17.1. The molecule has 0 aromatic rings. The molecule has 27 heteroatoms. The second-order valence-electron chi connectivity index (χ2n) is 21.1. The number of rotatable bonds is 14. The summed E-state index contributed by atoms with van der Waals surface area (Å²) >= 11 is 0. The van der Waals surface area contributed by atoms with Crippen LogP contribution in [0.1, 0.15) is 117 Å². The van der Waals surface area contributed by atoms with Gasteiger partial charge in [0.25, 0.3) is 0 Å². The SMILES string of the molecule is CC1(CC(O)C(F)(F)F)OCCCO1.CC1(CC(OS(=O)(=O)C(F)(F)C(=O)NCC23CC4CC(CC(C4)C2)C3)C(F)(F)F)OCCCO1.O=C(NCC12CC3CC(CC(C3)C1)C2)C(F)(F)S(=O)(=O)F. The number of nitrogens with one attached hydrogen (secondary N) is 2. The van der Waals surface area contributed by atoms with E-state index in [-0.39, 0.29) is 37.1 Å². The molecule has 69 heavy (non-hydrogen) atoms. The molecular weight excluding hydrogens is 998 g/mol. The van der Waals surface area contributed by atoms with Crippen molar-refractivity contribution in [2.24, 2.45) is 46.3 Å². The van der Waals surface area contributed by atoms with Crippen molar-refractivity contribution >= 4 is 32.2 Å². The Morgan fingerprint density at radius 1 is 0.580 bits per heavy atom. The van der Waals surface area contributed by atoms with Gasteiger partial charge >= 0.3 is 55.0 Å². The van der Waals surface area contributed by atoms with Crippen molar-refractivity contribution in [3.63, 3.8) is 0 Å². The molecule has 10 aliphatic rings. The van der Waals surface area contributed by atoms with Crippen molar-refractivity contribution in [3.05, 3.63) is 0 Å². The highest BCUT2D eigenvalue weighted by molar-refractivity contribution is 7.88. The molecule has 8 aliphatic carbocycles. The summed E-state index contributed by atoms with van der Waals surface area (Å²) in [5.41, 5.74) is -0.579. The molecule has 0 aromatic heterocycles. The maximum atomic E-state index is 14.6. The van der Waals surface area contributed by atoms with Gasteiger partial charge in [0.1, 0.15) is 0 Å². The monoisotopic (exact) mass is 1060 g/mol. The van der Waals surface area contributed by atoms with Gasteiger partial charge in [-0.2, -0.15) is 60.7 Å². The molecule has 10 fully saturated rings. The van der Waals surface area contributed by atoms with Gasteiger partial charge in [0.15, 0.2) is 23.8 Å². The van der Waals surface area contributed by atoms with E-state index in [9.17, 15) is 74.2 Å². The molecule has 2 amide bonds. The van der Waals surface area contributed by atoms with E-state index in [4.69, 9.17) is 24.1 Å². The van der Waals surface area contributed by atoms with Gasteiger partial charge in [0.05, 0.1) is 26.4 Å². The number of amides is 2. The maximum absolute atomic E-state index is 14.6. The average molecular weight is 1060 g/mol. The fourth-order valence-corrected chi connectivity index (χ4v) is 14.0. The second-order valence-corrected chi connectivity index (χ2v) is 24.1. The fraction of sp³-hybridized carbons (Fsp3) is 0.952. The van der Waals surface area contributed by atoms with Crippen LogP contribution in [0.5, 0.6) is 0 Å². The quantitative estimate of drug-likeness (QED) is 0.0889. The Kier molecular flexibility index (Phi) is 16.5. The van der Waals surface area contributed by atoms with Crippen LogP contribution < -0.4 is 10.6 Å². The van der Waals surface area contributed by atoms with Gasteiger partial charge in [-0.05, 0) is 150 Å². The minimum absolute atomic E-state index is 0.0143. The lowest BCUT2D eigenvalue weighted by Gasteiger charge is -2.56. The van der Waals surface area contributed by atoms with E-state index in [2.05, 4.69) is 4.18 Å². The third kappa shape index (κ3) is 13.5. The van der Waals surface area contributed by atoms with Gasteiger partial charge in [0, 0.05) is 25.9 Å². The third-order valence-electron chi connectivity index (χ3n) is 15.0. The lowest BCUT2D eigenvalue weighted by molar-refractivity contribution is -0.292. The molecule has 0 radical (unpaired) electrons. The van der Waals surface area contributed by atoms with Gasteiger partial charge in [0.2, 0.25) is 0 Å². The summed E-state index contributed by atoms with van der Waals surface area (Å²) < 4.78 is 214. The summed E-state index contributed by atoms with van der Waals surface area (Å²) in [7, 11) is -12.5. The van der Waals surface area contributed by atoms with Crippen LogP contribution in [0, 0.1) is 46.3 Å². The predicted molar refractivity (Wildman–Crippen MR) is 218 cm³/mol. The van der Waals surface area contributed by atoms with Crippen LogP contribution in [0.15, 0.2) is 0 Å². The zero-order valence-electron chi connectivity index (χ0n) is 38.1. The highest BCUT2D eigenvalue weighted by Gasteiger charge is 2.60. The molecule has 14 nitrogen and oxygen atoms in total. The zero-order chi connectivity index (χ0) is 51.3. The smallest absolute Gasteiger partial charge is 0.383 e. The Labute approximate surface area is 393 Å². The van der Waals surface area contributed by atoms with Crippen LogP contribution in [0.3, 0.4) is 0 Å². The second kappa shape index (κ2) is 20.3. The topological polar surface area (TPSA) is 193 Å². The van der Waals surface area contributed by atoms with Gasteiger partial charge in [-0.1, -0.05) is 3.89 Å². The highest BCUT2D eigenvalue weighted by Crippen LogP contribution is 2.61. The minimum Gasteiger partial charge on any atom is -0.383 e. The van der Waals surface area contributed by atoms with Crippen LogP contribution in [0.25, 0.3) is 0 Å². The van der Waals surface area contributed by atoms with E-state index in [1.807, 2.05) is 10.6 Å². The van der Waals surface area contributed by atoms with Crippen LogP contribution in [0.4, 0.5) is 47.8 Å². The van der Waals surface area contributed by atoms with E-state index >= 15 is 0 Å². The molecule has 8 bridgehead atoms. The summed E-state index contributed by atoms with van der Waals surface area (Å²) in [5, 5.41) is 2.60. The zero-order valence-corrected chi connectivity index (χ0v) is 39.7. The minimum atomic E-state index is -6.27. The predicted octanol–water partition coefficient (Wildman–Crippen LogP) is 7.40. The normalized spacial score (nSPS) is 33.5. The first-order valence-corrected chi connectivity index (χ1v) is 25.9. The highest BCUT2D eigenvalue weighted by atomic mass is 32.3. The molecule has 10 rings (SSSR count). The molecular formula is C42H61F11N2O12S2. The molecule has 8 saturated carbocycles. The number of carbonyl (C=O) groups is 2. The Hall–Kier alpha value is -2.17. The lowest BCUT2D eigenvalue weighted by Crippen LogP contribution is -2.55. The maximum Gasteiger partial charge on any atom is 0.451 e. The van der Waals surface area contributed by atoms with Gasteiger partial charge in [-0.3, -0.25) is 13.8 Å². The van der Waals surface area contributed by atoms with Gasteiger partial charge in [-0.15, -0.1) is 0 Å². The first kappa shape index (κ1) is 56.1. The number of halogens is 11. The number of hydrogen-bond donors (Lipinski definition) is 3. The number of aliphatic hydroxyl groups excluding tert-OH is 1. The van der Waals surface area contributed by atoms with Crippen molar-refractivity contribution in [3.8, 4) is 0 Å². The van der Waals surface area contributed by atoms with E-state index in [0.29, 0.717) is 61.6 Å². The van der Waals surface area contributed by atoms with Crippen LogP contribution >= 0.6 is 0 Å². The molecule has 3 N–H and O–H groups in total. The van der Waals surface area contributed by atoms with Crippen molar-refractivity contribution in [2.75, 3.05) is 39.5 Å². The molecule has 2 unspecified atom stereocenters. The molecule has 0 aromatic carbocycles. The molecule has 2 aliphatic heterocycles. The van der Waals surface area contributed by atoms with Crippen molar-refractivity contribution in [2.45, 2.75) is 163 Å². The van der Waals surface area contributed by atoms with Crippen molar-refractivity contribution in [1.82, 2.24) is 10.6 Å². The first-order valence-electron chi connectivity index (χ1n) is 23.1. The summed E-state index contributed by atoms with van der Waals surface area (Å²) in [6, 6.07) is 0. The average Bonchev–Trinajstić information content (AvgIpc) is 3.20. The Balaban J connectivity index is 0.000000189. The molecule has 400 valence electrons. The largest absolute Gasteiger partial charge is 0.451 e. The van der Waals surface area contributed by atoms with Crippen molar-refractivity contribution in [1.29, 1.82) is 0 Å². The summed E-state index contributed by atoms with van der Waals surface area (Å²) in [6.07, 6.45) is -4.53. The Morgan fingerprint density at radius 2 is 0.899 bits per heavy atom. The summed E-state index contributed by atoms with van der Waals surface area (Å²) in [6.45, 7) is 3.25. The fourth-order valence-electron chi connectivity index (χ4n) is 12.8. The summed E-state index contributed by atoms with van der Waals surface area (Å²) in [5.74, 6) is -4.27. The van der Waals surface area contributed by atoms with E-state index in [1.54, 1.807) is 0 Å². The standard InChI is InChI=1S/C21H30F5NO6S.C13H18F3NO3S.C8H13F3O3/c1-18(31-3-2-4-32-18)11-16(20(22,23)24)33-34(29,30)21(25,26)17(28)27-12-19-8-13-5-14(9-19)7-15(6-13)10-19;14-13(15,21(16,19)20)11(18)17-7-12-4-8-1-9(5-12)3-10(2-8)6-12;1-7(13-3-2-4-14-7)5-6(12)8(9,10)11/h13-16H,2-12H2,1H3,(H,27,28);8-10H,1-7H2,(H,17,18);6,12H,2-5H2,1H3. The van der Waals surface area contributed by atoms with Crippen LogP contribution in [0.2, 0.25) is 0 Å². The number of aliphatic hydroxyl groups is 1. The van der Waals surface area contributed by atoms with Gasteiger partial charge in [-0.25, -0.2) is 0 Å². The van der Waals surface area contributed by atoms with E-state index in [0.717, 1.165) is 64.7 Å². The van der Waals surface area contributed by atoms with E-state index in [1.165, 1.54) is 26.2 Å². The Bertz CT molecular complexity index is 1980.